The van der Waals surface area contributed by atoms with Gasteiger partial charge in [0, 0.05) is 49.6 Å². The minimum absolute atomic E-state index is 0.0454. The number of sulfonamides is 1. The quantitative estimate of drug-likeness (QED) is 0.598. The molecule has 8 nitrogen and oxygen atoms in total. The number of likely N-dealkylation sites (N-methyl/N-ethyl adjacent to an activating group) is 1. The molecule has 1 aromatic carbocycles. The Hall–Kier alpha value is -2.48. The normalized spacial score (nSPS) is 21.9. The van der Waals surface area contributed by atoms with Crippen molar-refractivity contribution in [2.24, 2.45) is 5.92 Å². The molecule has 34 heavy (non-hydrogen) atoms. The summed E-state index contributed by atoms with van der Waals surface area (Å²) in [6.07, 6.45) is 2.39. The van der Waals surface area contributed by atoms with Gasteiger partial charge in [0.1, 0.15) is 22.9 Å². The van der Waals surface area contributed by atoms with Crippen LogP contribution in [-0.2, 0) is 16.6 Å². The van der Waals surface area contributed by atoms with E-state index in [-0.39, 0.29) is 35.8 Å². The van der Waals surface area contributed by atoms with Crippen LogP contribution in [-0.4, -0.2) is 77.8 Å². The largest absolute Gasteiger partial charge is 0.487 e. The highest BCUT2D eigenvalue weighted by Crippen LogP contribution is 2.34. The molecule has 0 amide bonds. The third-order valence-corrected chi connectivity index (χ3v) is 7.81. The van der Waals surface area contributed by atoms with Crippen molar-refractivity contribution in [2.75, 3.05) is 26.7 Å². The first-order valence-corrected chi connectivity index (χ1v) is 12.8. The predicted octanol–water partition coefficient (Wildman–Crippen LogP) is 1.71. The van der Waals surface area contributed by atoms with Crippen LogP contribution in [0.25, 0.3) is 0 Å². The van der Waals surface area contributed by atoms with Crippen LogP contribution in [0.3, 0.4) is 0 Å². The lowest BCUT2D eigenvalue weighted by atomic mass is 10.0. The number of aromatic nitrogens is 1. The third kappa shape index (κ3) is 6.34. The van der Waals surface area contributed by atoms with Crippen molar-refractivity contribution in [3.8, 4) is 17.6 Å². The average Bonchev–Trinajstić information content (AvgIpc) is 2.80. The molecule has 1 aliphatic rings. The number of aliphatic hydroxyl groups is 2. The second-order valence-electron chi connectivity index (χ2n) is 8.90. The molecule has 0 saturated heterocycles. The summed E-state index contributed by atoms with van der Waals surface area (Å²) < 4.78 is 34.7. The van der Waals surface area contributed by atoms with Crippen LogP contribution in [0.5, 0.6) is 5.75 Å². The van der Waals surface area contributed by atoms with Crippen molar-refractivity contribution in [1.29, 1.82) is 0 Å². The van der Waals surface area contributed by atoms with Crippen molar-refractivity contribution >= 4 is 10.0 Å². The molecule has 184 valence electrons. The Balaban J connectivity index is 1.99. The summed E-state index contributed by atoms with van der Waals surface area (Å²) in [6, 6.07) is 8.03. The highest BCUT2D eigenvalue weighted by molar-refractivity contribution is 7.89. The number of pyridine rings is 1. The van der Waals surface area contributed by atoms with Crippen LogP contribution in [0.15, 0.2) is 47.6 Å². The van der Waals surface area contributed by atoms with Crippen LogP contribution in [0.2, 0.25) is 0 Å². The first-order valence-electron chi connectivity index (χ1n) is 11.3. The zero-order valence-electron chi connectivity index (χ0n) is 20.0. The molecule has 1 aliphatic heterocycles. The molecule has 2 heterocycles. The van der Waals surface area contributed by atoms with E-state index in [1.54, 1.807) is 38.4 Å². The summed E-state index contributed by atoms with van der Waals surface area (Å²) in [6.45, 7) is 6.41. The van der Waals surface area contributed by atoms with E-state index in [1.165, 1.54) is 10.4 Å². The van der Waals surface area contributed by atoms with Gasteiger partial charge in [0.2, 0.25) is 10.0 Å². The number of aliphatic hydroxyl groups excluding tert-OH is 2. The average molecular weight is 488 g/mol. The van der Waals surface area contributed by atoms with Gasteiger partial charge in [0.15, 0.2) is 0 Å². The second kappa shape index (κ2) is 11.3. The number of rotatable bonds is 6. The first kappa shape index (κ1) is 26.1. The number of fused-ring (bicyclic) bond motifs is 1. The summed E-state index contributed by atoms with van der Waals surface area (Å²) in [5, 5.41) is 19.3. The Labute approximate surface area is 202 Å². The van der Waals surface area contributed by atoms with Gasteiger partial charge in [-0.05, 0) is 56.8 Å². The molecule has 3 rings (SSSR count). The molecule has 4 atom stereocenters. The predicted molar refractivity (Wildman–Crippen MR) is 130 cm³/mol. The molecule has 0 fully saturated rings. The van der Waals surface area contributed by atoms with Crippen molar-refractivity contribution in [3.63, 3.8) is 0 Å². The summed E-state index contributed by atoms with van der Waals surface area (Å²) in [5.41, 5.74) is 1.67. The summed E-state index contributed by atoms with van der Waals surface area (Å²) in [5.74, 6) is 5.61. The van der Waals surface area contributed by atoms with Gasteiger partial charge in [-0.2, -0.15) is 4.31 Å². The lowest BCUT2D eigenvalue weighted by Crippen LogP contribution is -2.49. The minimum Gasteiger partial charge on any atom is -0.487 e. The van der Waals surface area contributed by atoms with Crippen LogP contribution >= 0.6 is 0 Å². The minimum atomic E-state index is -3.91. The van der Waals surface area contributed by atoms with E-state index in [9.17, 15) is 18.6 Å². The van der Waals surface area contributed by atoms with Crippen LogP contribution in [0.4, 0.5) is 0 Å². The van der Waals surface area contributed by atoms with Crippen LogP contribution in [0, 0.1) is 17.8 Å². The molecule has 0 radical (unpaired) electrons. The topological polar surface area (TPSA) is 103 Å². The molecule has 0 bridgehead atoms. The van der Waals surface area contributed by atoms with E-state index in [4.69, 9.17) is 4.74 Å². The third-order valence-electron chi connectivity index (χ3n) is 5.79. The van der Waals surface area contributed by atoms with Gasteiger partial charge in [0.25, 0.3) is 0 Å². The Morgan fingerprint density at radius 2 is 1.97 bits per heavy atom. The van der Waals surface area contributed by atoms with Crippen molar-refractivity contribution in [1.82, 2.24) is 14.2 Å². The molecule has 0 aliphatic carbocycles. The molecule has 9 heteroatoms. The van der Waals surface area contributed by atoms with E-state index in [0.717, 1.165) is 5.56 Å². The molecule has 0 saturated carbocycles. The molecule has 2 N–H and O–H groups in total. The molecular formula is C25H33N3O5S. The number of nitrogens with zero attached hydrogens (tertiary/aromatic N) is 3. The van der Waals surface area contributed by atoms with Gasteiger partial charge >= 0.3 is 0 Å². The highest BCUT2D eigenvalue weighted by Gasteiger charge is 2.38. The van der Waals surface area contributed by atoms with Gasteiger partial charge in [-0.15, -0.1) is 0 Å². The molecule has 0 unspecified atom stereocenters. The Morgan fingerprint density at radius 3 is 2.62 bits per heavy atom. The van der Waals surface area contributed by atoms with E-state index in [1.807, 2.05) is 26.1 Å². The number of hydrogen-bond acceptors (Lipinski definition) is 7. The maximum Gasteiger partial charge on any atom is 0.247 e. The standard InChI is InChI=1S/C25H33N3O5S/c1-18-14-28(19(2)17-29)34(31,32)25-8-7-21(6-5-20(3)30)13-23(25)33-24(18)16-27(4)15-22-9-11-26-12-10-22/h7-13,18-20,24,29-30H,14-17H2,1-4H3/t18-,19+,20-,24+/m0/s1. The lowest BCUT2D eigenvalue weighted by Gasteiger charge is -2.37. The molecule has 2 aromatic rings. The van der Waals surface area contributed by atoms with Crippen molar-refractivity contribution in [2.45, 2.75) is 50.5 Å². The fourth-order valence-corrected chi connectivity index (χ4v) is 5.71. The summed E-state index contributed by atoms with van der Waals surface area (Å²) >= 11 is 0. The fourth-order valence-electron chi connectivity index (χ4n) is 3.88. The smallest absolute Gasteiger partial charge is 0.247 e. The SMILES string of the molecule is C[C@H](O)C#Cc1ccc2c(c1)O[C@H](CN(C)Cc1ccncc1)[C@@H](C)CN([C@H](C)CO)S2(=O)=O. The highest BCUT2D eigenvalue weighted by atomic mass is 32.2. The molecular weight excluding hydrogens is 454 g/mol. The van der Waals surface area contributed by atoms with Gasteiger partial charge < -0.3 is 14.9 Å². The van der Waals surface area contributed by atoms with Crippen molar-refractivity contribution in [3.05, 3.63) is 53.9 Å². The van der Waals surface area contributed by atoms with Crippen LogP contribution < -0.4 is 4.74 Å². The van der Waals surface area contributed by atoms with E-state index in [0.29, 0.717) is 18.7 Å². The zero-order valence-corrected chi connectivity index (χ0v) is 20.9. The molecule has 0 spiro atoms. The van der Waals surface area contributed by atoms with Gasteiger partial charge in [-0.25, -0.2) is 8.42 Å². The molecule has 1 aromatic heterocycles. The maximum absolute atomic E-state index is 13.5. The zero-order chi connectivity index (χ0) is 24.9. The van der Waals surface area contributed by atoms with Crippen LogP contribution in [0.1, 0.15) is 31.9 Å². The van der Waals surface area contributed by atoms with E-state index < -0.39 is 22.2 Å². The Morgan fingerprint density at radius 1 is 1.26 bits per heavy atom. The monoisotopic (exact) mass is 487 g/mol. The lowest BCUT2D eigenvalue weighted by molar-refractivity contribution is 0.0733. The number of benzene rings is 1. The van der Waals surface area contributed by atoms with E-state index >= 15 is 0 Å². The summed E-state index contributed by atoms with van der Waals surface area (Å²) in [7, 11) is -1.91. The first-order chi connectivity index (χ1) is 16.1. The fraction of sp³-hybridized carbons (Fsp3) is 0.480. The van der Waals surface area contributed by atoms with Crippen molar-refractivity contribution < 1.29 is 23.4 Å². The summed E-state index contributed by atoms with van der Waals surface area (Å²) in [4.78, 5) is 6.23. The van der Waals surface area contributed by atoms with E-state index in [2.05, 4.69) is 21.7 Å². The number of hydrogen-bond donors (Lipinski definition) is 2. The maximum atomic E-state index is 13.5. The van der Waals surface area contributed by atoms with Gasteiger partial charge in [-0.3, -0.25) is 9.88 Å². The second-order valence-corrected chi connectivity index (χ2v) is 10.8. The van der Waals surface area contributed by atoms with Gasteiger partial charge in [0.05, 0.1) is 6.61 Å². The Bertz CT molecular complexity index is 1130. The van der Waals surface area contributed by atoms with Gasteiger partial charge in [-0.1, -0.05) is 18.8 Å². The number of ether oxygens (including phenoxy) is 1. The Kier molecular flexibility index (Phi) is 8.68.